The Morgan fingerprint density at radius 2 is 2.33 bits per heavy atom. The number of benzene rings is 1. The van der Waals surface area contributed by atoms with Crippen molar-refractivity contribution in [3.63, 3.8) is 0 Å². The predicted octanol–water partition coefficient (Wildman–Crippen LogP) is 2.69. The second-order valence-electron chi connectivity index (χ2n) is 2.53. The molecule has 1 rings (SSSR count). The van der Waals surface area contributed by atoms with Crippen molar-refractivity contribution in [2.24, 2.45) is 4.99 Å². The first-order chi connectivity index (χ1) is 5.74. The maximum Gasteiger partial charge on any atom is 0.240 e. The lowest BCUT2D eigenvalue weighted by Crippen LogP contribution is -1.75. The minimum atomic E-state index is 0.616. The molecule has 0 aliphatic heterocycles. The summed E-state index contributed by atoms with van der Waals surface area (Å²) in [5.41, 5.74) is 2.56. The third kappa shape index (κ3) is 1.91. The Bertz CT molecular complexity index is 331. The SMILES string of the molecule is C=C(C)c1cccc(N=C=O)c1. The first-order valence-corrected chi connectivity index (χ1v) is 3.58. The standard InChI is InChI=1S/C10H9NO/c1-8(2)9-4-3-5-10(6-9)11-7-12/h3-6H,1H2,2H3. The van der Waals surface area contributed by atoms with Crippen molar-refractivity contribution in [2.45, 2.75) is 6.92 Å². The molecule has 0 aliphatic rings. The van der Waals surface area contributed by atoms with Crippen molar-refractivity contribution in [3.05, 3.63) is 36.4 Å². The first kappa shape index (κ1) is 8.44. The van der Waals surface area contributed by atoms with Gasteiger partial charge in [0.15, 0.2) is 0 Å². The van der Waals surface area contributed by atoms with Crippen molar-refractivity contribution >= 4 is 17.3 Å². The molecule has 0 saturated carbocycles. The van der Waals surface area contributed by atoms with Crippen LogP contribution in [0.3, 0.4) is 0 Å². The second-order valence-corrected chi connectivity index (χ2v) is 2.53. The first-order valence-electron chi connectivity index (χ1n) is 3.58. The molecule has 1 aromatic carbocycles. The monoisotopic (exact) mass is 159 g/mol. The lowest BCUT2D eigenvalue weighted by Gasteiger charge is -1.98. The fourth-order valence-corrected chi connectivity index (χ4v) is 0.894. The molecule has 0 bridgehead atoms. The normalized spacial score (nSPS) is 8.75. The molecule has 2 heteroatoms. The molecule has 60 valence electrons. The highest BCUT2D eigenvalue weighted by Gasteiger charge is 1.93. The predicted molar refractivity (Wildman–Crippen MR) is 48.9 cm³/mol. The maximum absolute atomic E-state index is 9.94. The van der Waals surface area contributed by atoms with Gasteiger partial charge in [-0.15, -0.1) is 0 Å². The van der Waals surface area contributed by atoms with Crippen LogP contribution in [0.5, 0.6) is 0 Å². The molecule has 12 heavy (non-hydrogen) atoms. The van der Waals surface area contributed by atoms with Crippen LogP contribution in [0.4, 0.5) is 5.69 Å². The summed E-state index contributed by atoms with van der Waals surface area (Å²) in [4.78, 5) is 13.4. The van der Waals surface area contributed by atoms with Gasteiger partial charge in [-0.25, -0.2) is 4.79 Å². The molecule has 1 aromatic rings. The topological polar surface area (TPSA) is 29.4 Å². The van der Waals surface area contributed by atoms with E-state index in [0.717, 1.165) is 11.1 Å². The van der Waals surface area contributed by atoms with Crippen LogP contribution in [0, 0.1) is 0 Å². The Morgan fingerprint density at radius 1 is 1.58 bits per heavy atom. The van der Waals surface area contributed by atoms with Gasteiger partial charge in [0.25, 0.3) is 0 Å². The van der Waals surface area contributed by atoms with Gasteiger partial charge in [0, 0.05) is 0 Å². The van der Waals surface area contributed by atoms with E-state index in [2.05, 4.69) is 11.6 Å². The number of isocyanates is 1. The van der Waals surface area contributed by atoms with E-state index in [1.165, 1.54) is 6.08 Å². The Labute approximate surface area is 71.3 Å². The van der Waals surface area contributed by atoms with Crippen LogP contribution in [0.25, 0.3) is 5.57 Å². The number of carbonyl (C=O) groups excluding carboxylic acids is 1. The summed E-state index contributed by atoms with van der Waals surface area (Å²) in [5.74, 6) is 0. The van der Waals surface area contributed by atoms with Crippen LogP contribution in [-0.4, -0.2) is 6.08 Å². The van der Waals surface area contributed by atoms with Crippen LogP contribution in [0.1, 0.15) is 12.5 Å². The van der Waals surface area contributed by atoms with Gasteiger partial charge >= 0.3 is 0 Å². The molecule has 0 atom stereocenters. The van der Waals surface area contributed by atoms with Crippen molar-refractivity contribution in [1.82, 2.24) is 0 Å². The Kier molecular flexibility index (Phi) is 2.57. The van der Waals surface area contributed by atoms with E-state index in [4.69, 9.17) is 0 Å². The smallest absolute Gasteiger partial charge is 0.211 e. The van der Waals surface area contributed by atoms with E-state index >= 15 is 0 Å². The summed E-state index contributed by atoms with van der Waals surface area (Å²) < 4.78 is 0. The number of allylic oxidation sites excluding steroid dienone is 1. The van der Waals surface area contributed by atoms with Crippen molar-refractivity contribution in [3.8, 4) is 0 Å². The zero-order chi connectivity index (χ0) is 8.97. The van der Waals surface area contributed by atoms with E-state index in [9.17, 15) is 4.79 Å². The van der Waals surface area contributed by atoms with Gasteiger partial charge in [-0.3, -0.25) is 0 Å². The van der Waals surface area contributed by atoms with Crippen molar-refractivity contribution in [2.75, 3.05) is 0 Å². The summed E-state index contributed by atoms with van der Waals surface area (Å²) in [7, 11) is 0. The van der Waals surface area contributed by atoms with Gasteiger partial charge in [-0.2, -0.15) is 4.99 Å². The fraction of sp³-hybridized carbons (Fsp3) is 0.100. The molecule has 2 nitrogen and oxygen atoms in total. The number of hydrogen-bond acceptors (Lipinski definition) is 2. The Morgan fingerprint density at radius 3 is 2.92 bits per heavy atom. The summed E-state index contributed by atoms with van der Waals surface area (Å²) >= 11 is 0. The zero-order valence-corrected chi connectivity index (χ0v) is 6.87. The zero-order valence-electron chi connectivity index (χ0n) is 6.87. The second kappa shape index (κ2) is 3.65. The maximum atomic E-state index is 9.94. The van der Waals surface area contributed by atoms with Gasteiger partial charge in [0.05, 0.1) is 5.69 Å². The molecular formula is C10H9NO. The van der Waals surface area contributed by atoms with E-state index in [-0.39, 0.29) is 0 Å². The minimum Gasteiger partial charge on any atom is -0.211 e. The molecule has 0 aromatic heterocycles. The molecule has 0 fully saturated rings. The number of aliphatic imine (C=N–C) groups is 1. The van der Waals surface area contributed by atoms with Gasteiger partial charge < -0.3 is 0 Å². The van der Waals surface area contributed by atoms with Crippen LogP contribution < -0.4 is 0 Å². The van der Waals surface area contributed by atoms with E-state index in [0.29, 0.717) is 5.69 Å². The highest BCUT2D eigenvalue weighted by molar-refractivity contribution is 5.65. The summed E-state index contributed by atoms with van der Waals surface area (Å²) in [6.07, 6.45) is 1.50. The molecule has 0 unspecified atom stereocenters. The average Bonchev–Trinajstić information content (AvgIpc) is 2.05. The van der Waals surface area contributed by atoms with E-state index < -0.39 is 0 Å². The van der Waals surface area contributed by atoms with Gasteiger partial charge in [-0.05, 0) is 24.6 Å². The highest BCUT2D eigenvalue weighted by Crippen LogP contribution is 2.18. The number of rotatable bonds is 2. The van der Waals surface area contributed by atoms with Gasteiger partial charge in [0.1, 0.15) is 0 Å². The molecule has 0 radical (unpaired) electrons. The van der Waals surface area contributed by atoms with Gasteiger partial charge in [0.2, 0.25) is 6.08 Å². The van der Waals surface area contributed by atoms with E-state index in [1.54, 1.807) is 12.1 Å². The van der Waals surface area contributed by atoms with Crippen molar-refractivity contribution < 1.29 is 4.79 Å². The molecule has 0 aliphatic carbocycles. The number of hydrogen-bond donors (Lipinski definition) is 0. The molecule has 0 heterocycles. The third-order valence-electron chi connectivity index (χ3n) is 1.51. The Hall–Kier alpha value is -1.66. The number of nitrogens with zero attached hydrogens (tertiary/aromatic N) is 1. The highest BCUT2D eigenvalue weighted by atomic mass is 16.1. The Balaban J connectivity index is 3.11. The summed E-state index contributed by atoms with van der Waals surface area (Å²) in [5, 5.41) is 0. The van der Waals surface area contributed by atoms with Crippen LogP contribution >= 0.6 is 0 Å². The third-order valence-corrected chi connectivity index (χ3v) is 1.51. The van der Waals surface area contributed by atoms with E-state index in [1.807, 2.05) is 19.1 Å². The van der Waals surface area contributed by atoms with Crippen LogP contribution in [0.15, 0.2) is 35.8 Å². The van der Waals surface area contributed by atoms with Gasteiger partial charge in [-0.1, -0.05) is 24.3 Å². The average molecular weight is 159 g/mol. The molecule has 0 spiro atoms. The molecule has 0 amide bonds. The quantitative estimate of drug-likeness (QED) is 0.482. The lowest BCUT2D eigenvalue weighted by atomic mass is 10.1. The van der Waals surface area contributed by atoms with Crippen molar-refractivity contribution in [1.29, 1.82) is 0 Å². The molecule has 0 saturated heterocycles. The summed E-state index contributed by atoms with van der Waals surface area (Å²) in [6, 6.07) is 7.30. The van der Waals surface area contributed by atoms with Crippen LogP contribution in [-0.2, 0) is 4.79 Å². The molecule has 0 N–H and O–H groups in total. The largest absolute Gasteiger partial charge is 0.240 e. The lowest BCUT2D eigenvalue weighted by molar-refractivity contribution is 0.565. The molecular weight excluding hydrogens is 150 g/mol. The minimum absolute atomic E-state index is 0.616. The van der Waals surface area contributed by atoms with Crippen LogP contribution in [0.2, 0.25) is 0 Å². The fourth-order valence-electron chi connectivity index (χ4n) is 0.894. The summed E-state index contributed by atoms with van der Waals surface area (Å²) in [6.45, 7) is 5.69.